The second-order valence-corrected chi connectivity index (χ2v) is 9.50. The van der Waals surface area contributed by atoms with E-state index in [1.54, 1.807) is 9.80 Å². The van der Waals surface area contributed by atoms with Crippen molar-refractivity contribution in [2.45, 2.75) is 76.5 Å². The second-order valence-electron chi connectivity index (χ2n) is 9.50. The fourth-order valence-electron chi connectivity index (χ4n) is 5.24. The van der Waals surface area contributed by atoms with Crippen molar-refractivity contribution < 1.29 is 19.2 Å². The van der Waals surface area contributed by atoms with E-state index in [4.69, 9.17) is 0 Å². The zero-order chi connectivity index (χ0) is 23.5. The number of rotatable bonds is 4. The molecule has 5 atom stereocenters. The summed E-state index contributed by atoms with van der Waals surface area (Å²) in [5, 5.41) is 5.92. The van der Waals surface area contributed by atoms with Gasteiger partial charge in [-0.3, -0.25) is 19.2 Å². The molecule has 0 unspecified atom stereocenters. The van der Waals surface area contributed by atoms with Crippen molar-refractivity contribution in [3.63, 3.8) is 0 Å². The van der Waals surface area contributed by atoms with Crippen molar-refractivity contribution in [1.29, 1.82) is 0 Å². The Morgan fingerprint density at radius 3 is 2.06 bits per heavy atom. The Morgan fingerprint density at radius 1 is 0.879 bits per heavy atom. The van der Waals surface area contributed by atoms with Crippen LogP contribution < -0.4 is 10.6 Å². The van der Waals surface area contributed by atoms with E-state index in [9.17, 15) is 19.2 Å². The topological polar surface area (TPSA) is 98.8 Å². The third-order valence-electron chi connectivity index (χ3n) is 7.35. The highest BCUT2D eigenvalue weighted by atomic mass is 16.2. The maximum Gasteiger partial charge on any atom is 0.246 e. The minimum atomic E-state index is -0.782. The van der Waals surface area contributed by atoms with E-state index in [1.807, 2.05) is 44.2 Å². The van der Waals surface area contributed by atoms with Gasteiger partial charge in [-0.05, 0) is 37.2 Å². The van der Waals surface area contributed by atoms with Crippen molar-refractivity contribution in [1.82, 2.24) is 20.4 Å². The number of nitrogens with zero attached hydrogens (tertiary/aromatic N) is 2. The van der Waals surface area contributed by atoms with Crippen LogP contribution in [-0.2, 0) is 25.6 Å². The molecule has 1 aromatic rings. The smallest absolute Gasteiger partial charge is 0.246 e. The van der Waals surface area contributed by atoms with Gasteiger partial charge >= 0.3 is 0 Å². The van der Waals surface area contributed by atoms with Crippen LogP contribution in [0.2, 0.25) is 0 Å². The molecule has 3 aliphatic rings. The summed E-state index contributed by atoms with van der Waals surface area (Å²) in [5.41, 5.74) is 0.930. The van der Waals surface area contributed by atoms with E-state index < -0.39 is 24.2 Å². The minimum Gasteiger partial charge on any atom is -0.342 e. The molecule has 178 valence electrons. The molecule has 3 aliphatic heterocycles. The van der Waals surface area contributed by atoms with Crippen molar-refractivity contribution in [3.05, 3.63) is 35.9 Å². The molecule has 3 fully saturated rings. The van der Waals surface area contributed by atoms with E-state index in [0.717, 1.165) is 12.0 Å². The number of hydrogen-bond donors (Lipinski definition) is 2. The Kier molecular flexibility index (Phi) is 7.00. The number of hydrogen-bond acceptors (Lipinski definition) is 4. The molecule has 33 heavy (non-hydrogen) atoms. The Hall–Kier alpha value is -2.90. The first-order valence-corrected chi connectivity index (χ1v) is 12.2. The summed E-state index contributed by atoms with van der Waals surface area (Å²) >= 11 is 0. The van der Waals surface area contributed by atoms with E-state index in [0.29, 0.717) is 45.2 Å². The van der Waals surface area contributed by atoms with Gasteiger partial charge in [0.05, 0.1) is 0 Å². The Bertz CT molecular complexity index is 905. The van der Waals surface area contributed by atoms with Gasteiger partial charge in [0.2, 0.25) is 23.6 Å². The number of carbonyl (C=O) groups is 4. The Balaban J connectivity index is 1.69. The number of carbonyl (C=O) groups excluding carboxylic acids is 4. The molecule has 4 amide bonds. The van der Waals surface area contributed by atoms with Gasteiger partial charge in [0.1, 0.15) is 24.2 Å². The summed E-state index contributed by atoms with van der Waals surface area (Å²) in [6, 6.07) is 6.81. The van der Waals surface area contributed by atoms with Crippen LogP contribution in [0.5, 0.6) is 0 Å². The molecule has 3 saturated heterocycles. The van der Waals surface area contributed by atoms with E-state index in [-0.39, 0.29) is 29.5 Å². The van der Waals surface area contributed by atoms with Crippen LogP contribution >= 0.6 is 0 Å². The molecule has 2 N–H and O–H groups in total. The molecule has 0 radical (unpaired) electrons. The molecule has 1 aromatic carbocycles. The molecule has 8 heteroatoms. The van der Waals surface area contributed by atoms with Gasteiger partial charge in [-0.15, -0.1) is 0 Å². The Morgan fingerprint density at radius 2 is 1.45 bits per heavy atom. The second kappa shape index (κ2) is 9.93. The first-order chi connectivity index (χ1) is 15.9. The number of fused-ring (bicyclic) bond motifs is 2. The summed E-state index contributed by atoms with van der Waals surface area (Å²) < 4.78 is 0. The fourth-order valence-corrected chi connectivity index (χ4v) is 5.24. The van der Waals surface area contributed by atoms with Crippen LogP contribution in [0.3, 0.4) is 0 Å². The van der Waals surface area contributed by atoms with Crippen molar-refractivity contribution in [3.8, 4) is 0 Å². The third kappa shape index (κ3) is 4.75. The van der Waals surface area contributed by atoms with Gasteiger partial charge in [0.15, 0.2) is 0 Å². The highest BCUT2D eigenvalue weighted by Crippen LogP contribution is 2.25. The van der Waals surface area contributed by atoms with Crippen molar-refractivity contribution >= 4 is 23.6 Å². The van der Waals surface area contributed by atoms with Gasteiger partial charge in [-0.25, -0.2) is 0 Å². The highest BCUT2D eigenvalue weighted by Gasteiger charge is 2.44. The molecule has 8 nitrogen and oxygen atoms in total. The molecule has 0 aromatic heterocycles. The minimum absolute atomic E-state index is 0.0786. The molecule has 0 bridgehead atoms. The van der Waals surface area contributed by atoms with Gasteiger partial charge in [-0.1, -0.05) is 50.6 Å². The Labute approximate surface area is 195 Å². The molecular formula is C25H34N4O4. The largest absolute Gasteiger partial charge is 0.342 e. The lowest BCUT2D eigenvalue weighted by atomic mass is 9.96. The fraction of sp³-hybridized carbons (Fsp3) is 0.600. The average Bonchev–Trinajstić information content (AvgIpc) is 3.51. The molecule has 4 rings (SSSR count). The van der Waals surface area contributed by atoms with Crippen LogP contribution in [0, 0.1) is 5.92 Å². The molecule has 0 saturated carbocycles. The van der Waals surface area contributed by atoms with Crippen LogP contribution in [0.4, 0.5) is 0 Å². The molecule has 0 aliphatic carbocycles. The van der Waals surface area contributed by atoms with Crippen molar-refractivity contribution in [2.24, 2.45) is 5.92 Å². The SMILES string of the molecule is CC[C@@H](C)[C@@H]1NC(=O)[C@@H]2CCCN2C(=O)[C@H](Cc2ccccc2)NC(=O)[C@@H]2CCCN2C1=O. The zero-order valence-corrected chi connectivity index (χ0v) is 19.5. The summed E-state index contributed by atoms with van der Waals surface area (Å²) in [6.07, 6.45) is 3.60. The molecule has 3 heterocycles. The predicted octanol–water partition coefficient (Wildman–Crippen LogP) is 1.24. The van der Waals surface area contributed by atoms with Gasteiger partial charge in [-0.2, -0.15) is 0 Å². The average molecular weight is 455 g/mol. The zero-order valence-electron chi connectivity index (χ0n) is 19.5. The normalized spacial score (nSPS) is 29.5. The lowest BCUT2D eigenvalue weighted by Gasteiger charge is -2.35. The number of benzene rings is 1. The standard InChI is InChI=1S/C25H34N4O4/c1-3-16(2)21-25(33)29-14-8-11-19(29)22(30)26-18(15-17-9-5-4-6-10-17)24(32)28-13-7-12-20(28)23(31)27-21/h4-6,9-10,16,18-21H,3,7-8,11-15H2,1-2H3,(H,26,30)(H,27,31)/t16-,18+,19+,20+,21+/m1/s1. The van der Waals surface area contributed by atoms with Crippen LogP contribution in [0.25, 0.3) is 0 Å². The first-order valence-electron chi connectivity index (χ1n) is 12.2. The first kappa shape index (κ1) is 23.3. The number of nitrogens with one attached hydrogen (secondary N) is 2. The van der Waals surface area contributed by atoms with Crippen LogP contribution in [0.1, 0.15) is 51.5 Å². The van der Waals surface area contributed by atoms with Gasteiger partial charge in [0, 0.05) is 19.5 Å². The van der Waals surface area contributed by atoms with E-state index in [1.165, 1.54) is 0 Å². The highest BCUT2D eigenvalue weighted by molar-refractivity contribution is 5.98. The quantitative estimate of drug-likeness (QED) is 0.715. The van der Waals surface area contributed by atoms with E-state index in [2.05, 4.69) is 10.6 Å². The summed E-state index contributed by atoms with van der Waals surface area (Å²) in [4.78, 5) is 57.0. The van der Waals surface area contributed by atoms with Crippen molar-refractivity contribution in [2.75, 3.05) is 13.1 Å². The summed E-state index contributed by atoms with van der Waals surface area (Å²) in [6.45, 7) is 4.86. The third-order valence-corrected chi connectivity index (χ3v) is 7.35. The van der Waals surface area contributed by atoms with E-state index >= 15 is 0 Å². The lowest BCUT2D eigenvalue weighted by Crippen LogP contribution is -2.62. The maximum atomic E-state index is 13.6. The van der Waals surface area contributed by atoms with Gasteiger partial charge < -0.3 is 20.4 Å². The predicted molar refractivity (Wildman–Crippen MR) is 123 cm³/mol. The molecule has 0 spiro atoms. The number of amides is 4. The monoisotopic (exact) mass is 454 g/mol. The molecular weight excluding hydrogens is 420 g/mol. The van der Waals surface area contributed by atoms with Crippen LogP contribution in [-0.4, -0.2) is 70.7 Å². The summed E-state index contributed by atoms with van der Waals surface area (Å²) in [7, 11) is 0. The maximum absolute atomic E-state index is 13.6. The van der Waals surface area contributed by atoms with Crippen LogP contribution in [0.15, 0.2) is 30.3 Å². The lowest BCUT2D eigenvalue weighted by molar-refractivity contribution is -0.147. The van der Waals surface area contributed by atoms with Gasteiger partial charge in [0.25, 0.3) is 0 Å². The summed E-state index contributed by atoms with van der Waals surface area (Å²) in [5.74, 6) is -1.08.